The molecule has 0 aliphatic rings. The van der Waals surface area contributed by atoms with E-state index in [9.17, 15) is 14.6 Å². The van der Waals surface area contributed by atoms with Crippen molar-refractivity contribution in [3.8, 4) is 11.5 Å². The highest BCUT2D eigenvalue weighted by atomic mass is 19.1. The fourth-order valence-electron chi connectivity index (χ4n) is 3.96. The highest BCUT2D eigenvalue weighted by molar-refractivity contribution is 5.65. The van der Waals surface area contributed by atoms with Crippen molar-refractivity contribution in [3.63, 3.8) is 0 Å². The summed E-state index contributed by atoms with van der Waals surface area (Å²) in [4.78, 5) is 11.5. The van der Waals surface area contributed by atoms with Crippen molar-refractivity contribution in [1.82, 2.24) is 20.2 Å². The summed E-state index contributed by atoms with van der Waals surface area (Å²) >= 11 is 0. The Hall–Kier alpha value is -3.87. The van der Waals surface area contributed by atoms with Crippen LogP contribution in [0.1, 0.15) is 102 Å². The van der Waals surface area contributed by atoms with Crippen molar-refractivity contribution in [2.24, 2.45) is 0 Å². The van der Waals surface area contributed by atoms with Crippen molar-refractivity contribution in [1.29, 1.82) is 0 Å². The SMILES string of the molecule is C=C(NCc1ccc(F)cc1)c1nc(C(CC)N(CCC)C(=C)c2cccc(O)c2)nc(C)c1O.CCC.CCC. The second kappa shape index (κ2) is 18.5. The van der Waals surface area contributed by atoms with Crippen LogP contribution in [0.15, 0.2) is 61.7 Å². The molecule has 0 radical (unpaired) electrons. The second-order valence-electron chi connectivity index (χ2n) is 9.85. The normalized spacial score (nSPS) is 10.8. The molecule has 0 aliphatic heterocycles. The van der Waals surface area contributed by atoms with E-state index in [0.29, 0.717) is 35.9 Å². The molecule has 7 heteroatoms. The van der Waals surface area contributed by atoms with Crippen LogP contribution in [0.25, 0.3) is 11.4 Å². The van der Waals surface area contributed by atoms with Crippen molar-refractivity contribution >= 4 is 11.4 Å². The van der Waals surface area contributed by atoms with Crippen LogP contribution in [-0.4, -0.2) is 31.6 Å². The average Bonchev–Trinajstić information content (AvgIpc) is 2.94. The number of aryl methyl sites for hydroxylation is 1. The van der Waals surface area contributed by atoms with Crippen molar-refractivity contribution in [2.45, 2.75) is 86.7 Å². The number of phenolic OH excluding ortho intramolecular Hbond substituents is 1. The lowest BCUT2D eigenvalue weighted by Gasteiger charge is -2.34. The van der Waals surface area contributed by atoms with E-state index in [1.807, 2.05) is 6.07 Å². The molecule has 1 atom stereocenters. The maximum absolute atomic E-state index is 13.2. The quantitative estimate of drug-likeness (QED) is 0.216. The number of hydrogen-bond donors (Lipinski definition) is 3. The Bertz CT molecular complexity index is 1230. The van der Waals surface area contributed by atoms with Crippen LogP contribution in [0.5, 0.6) is 11.5 Å². The third kappa shape index (κ3) is 10.9. The van der Waals surface area contributed by atoms with Gasteiger partial charge >= 0.3 is 0 Å². The zero-order chi connectivity index (χ0) is 30.9. The number of aromatic nitrogens is 2. The lowest BCUT2D eigenvalue weighted by Crippen LogP contribution is -2.29. The maximum atomic E-state index is 13.2. The van der Waals surface area contributed by atoms with E-state index in [2.05, 4.69) is 69.9 Å². The van der Waals surface area contributed by atoms with Crippen molar-refractivity contribution in [3.05, 3.63) is 95.8 Å². The predicted molar refractivity (Wildman–Crippen MR) is 170 cm³/mol. The van der Waals surface area contributed by atoms with E-state index in [4.69, 9.17) is 4.98 Å². The summed E-state index contributed by atoms with van der Waals surface area (Å²) in [6, 6.07) is 13.0. The van der Waals surface area contributed by atoms with Gasteiger partial charge < -0.3 is 20.4 Å². The molecule has 2 aromatic carbocycles. The van der Waals surface area contributed by atoms with E-state index >= 15 is 0 Å². The minimum Gasteiger partial charge on any atom is -0.508 e. The van der Waals surface area contributed by atoms with Gasteiger partial charge in [-0.25, -0.2) is 14.4 Å². The summed E-state index contributed by atoms with van der Waals surface area (Å²) in [6.45, 7) is 23.9. The summed E-state index contributed by atoms with van der Waals surface area (Å²) in [5, 5.41) is 23.8. The van der Waals surface area contributed by atoms with Gasteiger partial charge in [-0.15, -0.1) is 0 Å². The molecule has 0 aliphatic carbocycles. The molecule has 1 heterocycles. The van der Waals surface area contributed by atoms with Gasteiger partial charge in [-0.2, -0.15) is 0 Å². The monoisotopic (exact) mass is 564 g/mol. The zero-order valence-corrected chi connectivity index (χ0v) is 26.0. The number of hydrogen-bond acceptors (Lipinski definition) is 6. The van der Waals surface area contributed by atoms with Crippen LogP contribution in [0.2, 0.25) is 0 Å². The molecule has 41 heavy (non-hydrogen) atoms. The van der Waals surface area contributed by atoms with Gasteiger partial charge in [0.2, 0.25) is 0 Å². The van der Waals surface area contributed by atoms with Crippen LogP contribution in [0.3, 0.4) is 0 Å². The fourth-order valence-corrected chi connectivity index (χ4v) is 3.96. The van der Waals surface area contributed by atoms with Crippen molar-refractivity contribution in [2.75, 3.05) is 6.54 Å². The Labute approximate surface area is 246 Å². The molecule has 0 fully saturated rings. The average molecular weight is 565 g/mol. The van der Waals surface area contributed by atoms with Gasteiger partial charge in [0.15, 0.2) is 11.6 Å². The Morgan fingerprint density at radius 2 is 1.56 bits per heavy atom. The summed E-state index contributed by atoms with van der Waals surface area (Å²) in [5.74, 6) is 0.401. The second-order valence-corrected chi connectivity index (χ2v) is 9.85. The number of phenols is 1. The van der Waals surface area contributed by atoms with E-state index in [1.165, 1.54) is 25.0 Å². The van der Waals surface area contributed by atoms with Crippen LogP contribution in [0.4, 0.5) is 4.39 Å². The Kier molecular flexibility index (Phi) is 15.8. The van der Waals surface area contributed by atoms with Crippen LogP contribution in [-0.2, 0) is 6.54 Å². The number of rotatable bonds is 11. The highest BCUT2D eigenvalue weighted by Crippen LogP contribution is 2.33. The highest BCUT2D eigenvalue weighted by Gasteiger charge is 2.25. The van der Waals surface area contributed by atoms with Gasteiger partial charge in [-0.1, -0.05) is 91.8 Å². The summed E-state index contributed by atoms with van der Waals surface area (Å²) in [5.41, 5.74) is 3.68. The Morgan fingerprint density at radius 1 is 0.951 bits per heavy atom. The molecule has 3 aromatic rings. The smallest absolute Gasteiger partial charge is 0.164 e. The first-order valence-corrected chi connectivity index (χ1v) is 14.6. The molecule has 1 unspecified atom stereocenters. The van der Waals surface area contributed by atoms with Crippen molar-refractivity contribution < 1.29 is 14.6 Å². The number of nitrogens with one attached hydrogen (secondary N) is 1. The largest absolute Gasteiger partial charge is 0.508 e. The molecule has 3 N–H and O–H groups in total. The Morgan fingerprint density at radius 3 is 2.10 bits per heavy atom. The van der Waals surface area contributed by atoms with E-state index < -0.39 is 0 Å². The molecule has 3 rings (SSSR count). The van der Waals surface area contributed by atoms with Gasteiger partial charge in [0.25, 0.3) is 0 Å². The zero-order valence-electron chi connectivity index (χ0n) is 26.0. The molecule has 0 saturated heterocycles. The number of benzene rings is 2. The topological polar surface area (TPSA) is 81.5 Å². The molecular formula is C34H49FN4O2. The maximum Gasteiger partial charge on any atom is 0.164 e. The molecule has 1 aromatic heterocycles. The number of aromatic hydroxyl groups is 2. The van der Waals surface area contributed by atoms with Crippen LogP contribution in [0, 0.1) is 12.7 Å². The number of halogens is 1. The fraction of sp³-hybridized carbons (Fsp3) is 0.412. The van der Waals surface area contributed by atoms with Crippen LogP contribution < -0.4 is 5.32 Å². The third-order valence-corrected chi connectivity index (χ3v) is 5.83. The molecular weight excluding hydrogens is 515 g/mol. The minimum absolute atomic E-state index is 0.0333. The lowest BCUT2D eigenvalue weighted by atomic mass is 10.1. The van der Waals surface area contributed by atoms with Gasteiger partial charge in [0.05, 0.1) is 17.4 Å². The first-order chi connectivity index (χ1) is 19.6. The summed E-state index contributed by atoms with van der Waals surface area (Å²) < 4.78 is 13.2. The van der Waals surface area contributed by atoms with E-state index in [1.54, 1.807) is 37.3 Å². The van der Waals surface area contributed by atoms with Gasteiger partial charge in [0.1, 0.15) is 17.3 Å². The summed E-state index contributed by atoms with van der Waals surface area (Å²) in [6.07, 6.45) is 4.08. The predicted octanol–water partition coefficient (Wildman–Crippen LogP) is 8.76. The van der Waals surface area contributed by atoms with Gasteiger partial charge in [-0.05, 0) is 49.6 Å². The molecule has 6 nitrogen and oxygen atoms in total. The van der Waals surface area contributed by atoms with E-state index in [-0.39, 0.29) is 23.4 Å². The lowest BCUT2D eigenvalue weighted by molar-refractivity contribution is 0.278. The molecule has 0 amide bonds. The summed E-state index contributed by atoms with van der Waals surface area (Å²) in [7, 11) is 0. The number of nitrogens with zero attached hydrogens (tertiary/aromatic N) is 3. The van der Waals surface area contributed by atoms with Crippen LogP contribution >= 0.6 is 0 Å². The molecule has 0 spiro atoms. The first-order valence-electron chi connectivity index (χ1n) is 14.6. The molecule has 0 bridgehead atoms. The molecule has 0 saturated carbocycles. The Balaban J connectivity index is 0.00000129. The van der Waals surface area contributed by atoms with Gasteiger partial charge in [0, 0.05) is 24.4 Å². The first kappa shape index (κ1) is 35.2. The van der Waals surface area contributed by atoms with E-state index in [0.717, 1.165) is 29.8 Å². The third-order valence-electron chi connectivity index (χ3n) is 5.83. The standard InChI is InChI=1S/C28H33FN4O2.2C3H8/c1-6-15-33(20(5)22-9-8-10-24(34)16-22)25(7-2)28-31-19(4)27(35)26(32-28)18(3)30-17-21-11-13-23(29)14-12-21;2*1-3-2/h8-14,16,25,30,34-35H,3,5-7,15,17H2,1-2,4H3;2*3H2,1-2H3. The minimum atomic E-state index is -0.296. The van der Waals surface area contributed by atoms with Gasteiger partial charge in [-0.3, -0.25) is 0 Å². The molecule has 224 valence electrons.